The number of carbonyl (C=O) groups excluding carboxylic acids is 2. The van der Waals surface area contributed by atoms with Crippen molar-refractivity contribution in [3.05, 3.63) is 0 Å². The molecule has 0 N–H and O–H groups in total. The van der Waals surface area contributed by atoms with Gasteiger partial charge in [0.25, 0.3) is 0 Å². The summed E-state index contributed by atoms with van der Waals surface area (Å²) in [6, 6.07) is 0. The van der Waals surface area contributed by atoms with E-state index in [9.17, 15) is 9.59 Å². The molecule has 0 amide bonds. The smallest absolute Gasteiger partial charge is 0.309 e. The maximum absolute atomic E-state index is 12.8. The first-order valence-corrected chi connectivity index (χ1v) is 9.46. The minimum atomic E-state index is -0.662. The van der Waals surface area contributed by atoms with E-state index < -0.39 is 5.60 Å². The van der Waals surface area contributed by atoms with Crippen LogP contribution in [0.2, 0.25) is 0 Å². The number of carbonyl (C=O) groups is 2. The predicted octanol–water partition coefficient (Wildman–Crippen LogP) is 4.24. The highest BCUT2D eigenvalue weighted by Crippen LogP contribution is 2.55. The van der Waals surface area contributed by atoms with Crippen LogP contribution in [0.3, 0.4) is 0 Å². The molecule has 3 nitrogen and oxygen atoms in total. The van der Waals surface area contributed by atoms with Gasteiger partial charge in [0.2, 0.25) is 0 Å². The second-order valence-electron chi connectivity index (χ2n) is 9.15. The molecule has 3 aliphatic rings. The molecular formula is C20H32O3. The van der Waals surface area contributed by atoms with Gasteiger partial charge in [-0.2, -0.15) is 0 Å². The van der Waals surface area contributed by atoms with Crippen LogP contribution < -0.4 is 0 Å². The normalized spacial score (nSPS) is 43.7. The molecule has 0 heterocycles. The maximum atomic E-state index is 12.8. The van der Waals surface area contributed by atoms with Gasteiger partial charge in [0, 0.05) is 6.42 Å². The first kappa shape index (κ1) is 17.0. The summed E-state index contributed by atoms with van der Waals surface area (Å²) in [5.74, 6) is 3.15. The van der Waals surface area contributed by atoms with Crippen LogP contribution in [-0.4, -0.2) is 17.4 Å². The fraction of sp³-hybridized carbons (Fsp3) is 0.900. The molecule has 2 bridgehead atoms. The zero-order valence-corrected chi connectivity index (χ0v) is 15.3. The summed E-state index contributed by atoms with van der Waals surface area (Å²) in [4.78, 5) is 25.2. The molecule has 3 aliphatic carbocycles. The van der Waals surface area contributed by atoms with Crippen LogP contribution in [0.15, 0.2) is 0 Å². The van der Waals surface area contributed by atoms with Crippen LogP contribution in [0.4, 0.5) is 0 Å². The molecule has 3 saturated carbocycles. The van der Waals surface area contributed by atoms with Gasteiger partial charge in [0.1, 0.15) is 11.4 Å². The third kappa shape index (κ3) is 2.96. The Morgan fingerprint density at radius 1 is 1.09 bits per heavy atom. The number of fused-ring (bicyclic) bond motifs is 2. The van der Waals surface area contributed by atoms with E-state index in [4.69, 9.17) is 4.74 Å². The lowest BCUT2D eigenvalue weighted by atomic mass is 9.73. The molecule has 0 saturated heterocycles. The van der Waals surface area contributed by atoms with Crippen LogP contribution in [-0.2, 0) is 14.3 Å². The van der Waals surface area contributed by atoms with Crippen molar-refractivity contribution in [2.75, 3.05) is 0 Å². The molecule has 130 valence electrons. The first-order chi connectivity index (χ1) is 10.7. The number of Topliss-reactive ketones (excluding diaryl/α,β-unsaturated/α-hetero) is 1. The summed E-state index contributed by atoms with van der Waals surface area (Å²) in [5, 5.41) is 0. The first-order valence-electron chi connectivity index (χ1n) is 9.46. The van der Waals surface area contributed by atoms with Crippen molar-refractivity contribution in [1.29, 1.82) is 0 Å². The zero-order valence-electron chi connectivity index (χ0n) is 15.3. The molecule has 0 spiro atoms. The zero-order chi connectivity index (χ0) is 16.9. The Labute approximate surface area is 140 Å². The summed E-state index contributed by atoms with van der Waals surface area (Å²) in [5.41, 5.74) is -0.662. The SMILES string of the molecule is CC1CCC(C(C)(C)OC(=O)[C@H]2CC3CC2C(C)C3C)C(=O)C1. The van der Waals surface area contributed by atoms with Crippen LogP contribution >= 0.6 is 0 Å². The molecule has 3 rings (SSSR count). The van der Waals surface area contributed by atoms with Gasteiger partial charge >= 0.3 is 5.97 Å². The summed E-state index contributed by atoms with van der Waals surface area (Å²) in [6.45, 7) is 10.6. The number of hydrogen-bond acceptors (Lipinski definition) is 3. The molecule has 6 unspecified atom stereocenters. The van der Waals surface area contributed by atoms with Gasteiger partial charge in [0.15, 0.2) is 0 Å². The van der Waals surface area contributed by atoms with E-state index in [2.05, 4.69) is 20.8 Å². The maximum Gasteiger partial charge on any atom is 0.309 e. The highest BCUT2D eigenvalue weighted by Gasteiger charge is 2.53. The van der Waals surface area contributed by atoms with Crippen LogP contribution in [0.25, 0.3) is 0 Å². The van der Waals surface area contributed by atoms with Crippen molar-refractivity contribution < 1.29 is 14.3 Å². The Kier molecular flexibility index (Phi) is 4.35. The fourth-order valence-corrected chi connectivity index (χ4v) is 5.55. The quantitative estimate of drug-likeness (QED) is 0.730. The third-order valence-electron chi connectivity index (χ3n) is 7.29. The summed E-state index contributed by atoms with van der Waals surface area (Å²) in [6.07, 6.45) is 4.71. The van der Waals surface area contributed by atoms with Crippen LogP contribution in [0.5, 0.6) is 0 Å². The van der Waals surface area contributed by atoms with Gasteiger partial charge < -0.3 is 4.74 Å². The Hall–Kier alpha value is -0.860. The van der Waals surface area contributed by atoms with E-state index in [1.807, 2.05) is 13.8 Å². The van der Waals surface area contributed by atoms with Crippen molar-refractivity contribution in [1.82, 2.24) is 0 Å². The average Bonchev–Trinajstić information content (AvgIpc) is 2.99. The summed E-state index contributed by atoms with van der Waals surface area (Å²) in [7, 11) is 0. The Morgan fingerprint density at radius 2 is 1.78 bits per heavy atom. The minimum absolute atomic E-state index is 0.0485. The lowest BCUT2D eigenvalue weighted by molar-refractivity contribution is -0.172. The van der Waals surface area contributed by atoms with Gasteiger partial charge in [-0.05, 0) is 69.1 Å². The lowest BCUT2D eigenvalue weighted by Crippen LogP contribution is -2.45. The monoisotopic (exact) mass is 320 g/mol. The fourth-order valence-electron chi connectivity index (χ4n) is 5.55. The van der Waals surface area contributed by atoms with E-state index in [0.29, 0.717) is 30.1 Å². The number of rotatable bonds is 3. The van der Waals surface area contributed by atoms with E-state index in [1.54, 1.807) is 0 Å². The Balaban J connectivity index is 1.64. The van der Waals surface area contributed by atoms with Gasteiger partial charge in [-0.3, -0.25) is 9.59 Å². The highest BCUT2D eigenvalue weighted by atomic mass is 16.6. The van der Waals surface area contributed by atoms with Gasteiger partial charge in [-0.15, -0.1) is 0 Å². The van der Waals surface area contributed by atoms with Crippen LogP contribution in [0.1, 0.15) is 66.7 Å². The molecule has 3 heteroatoms. The number of ketones is 1. The van der Waals surface area contributed by atoms with E-state index in [0.717, 1.165) is 25.2 Å². The topological polar surface area (TPSA) is 43.4 Å². The highest BCUT2D eigenvalue weighted by molar-refractivity contribution is 5.83. The molecule has 0 aliphatic heterocycles. The minimum Gasteiger partial charge on any atom is -0.459 e. The van der Waals surface area contributed by atoms with E-state index in [-0.39, 0.29) is 23.6 Å². The second kappa shape index (κ2) is 5.89. The van der Waals surface area contributed by atoms with Crippen molar-refractivity contribution >= 4 is 11.8 Å². The van der Waals surface area contributed by atoms with Crippen molar-refractivity contribution in [3.63, 3.8) is 0 Å². The van der Waals surface area contributed by atoms with Crippen molar-refractivity contribution in [2.45, 2.75) is 72.3 Å². The molecule has 7 atom stereocenters. The third-order valence-corrected chi connectivity index (χ3v) is 7.29. The number of esters is 1. The van der Waals surface area contributed by atoms with E-state index in [1.165, 1.54) is 6.42 Å². The van der Waals surface area contributed by atoms with Gasteiger partial charge in [0.05, 0.1) is 11.8 Å². The van der Waals surface area contributed by atoms with Gasteiger partial charge in [-0.25, -0.2) is 0 Å². The van der Waals surface area contributed by atoms with Crippen molar-refractivity contribution in [3.8, 4) is 0 Å². The molecule has 0 radical (unpaired) electrons. The van der Waals surface area contributed by atoms with E-state index >= 15 is 0 Å². The molecule has 0 aromatic rings. The molecule has 0 aromatic carbocycles. The molecule has 0 aromatic heterocycles. The predicted molar refractivity (Wildman–Crippen MR) is 89.7 cm³/mol. The standard InChI is InChI=1S/C20H32O3/c1-11-6-7-17(18(21)8-11)20(4,5)23-19(22)16-10-14-9-15(16)13(3)12(14)2/h11-17H,6-10H2,1-5H3/t11?,12?,13?,14?,15?,16-,17?/m0/s1. The Bertz CT molecular complexity index is 493. The largest absolute Gasteiger partial charge is 0.459 e. The second-order valence-corrected chi connectivity index (χ2v) is 9.15. The van der Waals surface area contributed by atoms with Crippen molar-refractivity contribution in [2.24, 2.45) is 41.4 Å². The van der Waals surface area contributed by atoms with Crippen LogP contribution in [0, 0.1) is 41.4 Å². The molecule has 3 fully saturated rings. The summed E-state index contributed by atoms with van der Waals surface area (Å²) >= 11 is 0. The number of hydrogen-bond donors (Lipinski definition) is 0. The van der Waals surface area contributed by atoms with Gasteiger partial charge in [-0.1, -0.05) is 20.8 Å². The summed E-state index contributed by atoms with van der Waals surface area (Å²) < 4.78 is 5.94. The molecule has 23 heavy (non-hydrogen) atoms. The lowest BCUT2D eigenvalue weighted by Gasteiger charge is -2.39. The average molecular weight is 320 g/mol. The molecular weight excluding hydrogens is 288 g/mol. The Morgan fingerprint density at radius 3 is 2.35 bits per heavy atom. The number of ether oxygens (including phenoxy) is 1.